The fraction of sp³-hybridized carbons (Fsp3) is 0.500. The maximum atomic E-state index is 12.1. The molecule has 0 aliphatic carbocycles. The van der Waals surface area contributed by atoms with Gasteiger partial charge >= 0.3 is 5.97 Å². The lowest BCUT2D eigenvalue weighted by Gasteiger charge is -2.21. The quantitative estimate of drug-likeness (QED) is 0.806. The Balaban J connectivity index is 2.93. The second-order valence-electron chi connectivity index (χ2n) is 4.72. The van der Waals surface area contributed by atoms with Gasteiger partial charge in [0.15, 0.2) is 0 Å². The molecule has 2 atom stereocenters. The van der Waals surface area contributed by atoms with Crippen molar-refractivity contribution in [3.05, 3.63) is 34.2 Å². The van der Waals surface area contributed by atoms with E-state index in [2.05, 4.69) is 5.32 Å². The van der Waals surface area contributed by atoms with Crippen molar-refractivity contribution in [3.8, 4) is 0 Å². The molecule has 0 aliphatic rings. The van der Waals surface area contributed by atoms with Gasteiger partial charge in [0.05, 0.1) is 7.11 Å². The van der Waals surface area contributed by atoms with Crippen molar-refractivity contribution in [3.63, 3.8) is 0 Å². The van der Waals surface area contributed by atoms with Crippen LogP contribution >= 0.6 is 0 Å². The van der Waals surface area contributed by atoms with E-state index in [9.17, 15) is 14.4 Å². The number of hydrogen-bond acceptors (Lipinski definition) is 4. The third-order valence-electron chi connectivity index (χ3n) is 3.32. The van der Waals surface area contributed by atoms with Gasteiger partial charge in [-0.05, 0) is 12.0 Å². The highest BCUT2D eigenvalue weighted by Crippen LogP contribution is 2.10. The van der Waals surface area contributed by atoms with Crippen LogP contribution in [0.3, 0.4) is 0 Å². The topological polar surface area (TPSA) is 77.4 Å². The smallest absolute Gasteiger partial charge is 0.328 e. The maximum absolute atomic E-state index is 12.1. The zero-order chi connectivity index (χ0) is 15.3. The predicted molar refractivity (Wildman–Crippen MR) is 74.4 cm³/mol. The molecule has 1 amide bonds. The van der Waals surface area contributed by atoms with E-state index in [4.69, 9.17) is 4.74 Å². The number of carbonyl (C=O) groups is 2. The van der Waals surface area contributed by atoms with Gasteiger partial charge in [0.25, 0.3) is 11.5 Å². The third-order valence-corrected chi connectivity index (χ3v) is 3.32. The molecule has 0 saturated carbocycles. The number of carbonyl (C=O) groups excluding carboxylic acids is 2. The van der Waals surface area contributed by atoms with E-state index in [0.29, 0.717) is 0 Å². The summed E-state index contributed by atoms with van der Waals surface area (Å²) in [6.07, 6.45) is 2.23. The van der Waals surface area contributed by atoms with E-state index in [1.165, 1.54) is 30.0 Å². The Morgan fingerprint density at radius 2 is 2.10 bits per heavy atom. The summed E-state index contributed by atoms with van der Waals surface area (Å²) in [7, 11) is 2.88. The molecule has 110 valence electrons. The number of aryl methyl sites for hydroxylation is 1. The molecule has 6 nitrogen and oxygen atoms in total. The summed E-state index contributed by atoms with van der Waals surface area (Å²) in [5.41, 5.74) is -0.0545. The number of hydrogen-bond donors (Lipinski definition) is 1. The van der Waals surface area contributed by atoms with E-state index in [1.54, 1.807) is 7.05 Å². The van der Waals surface area contributed by atoms with Crippen molar-refractivity contribution in [2.75, 3.05) is 7.11 Å². The van der Waals surface area contributed by atoms with Crippen LogP contribution in [0.1, 0.15) is 30.6 Å². The van der Waals surface area contributed by atoms with E-state index in [-0.39, 0.29) is 17.0 Å². The minimum Gasteiger partial charge on any atom is -0.467 e. The molecule has 0 aromatic carbocycles. The Bertz CT molecular complexity index is 550. The average Bonchev–Trinajstić information content (AvgIpc) is 2.45. The molecule has 0 spiro atoms. The second-order valence-corrected chi connectivity index (χ2v) is 4.72. The summed E-state index contributed by atoms with van der Waals surface area (Å²) in [5, 5.41) is 2.62. The Hall–Kier alpha value is -2.11. The number of rotatable bonds is 5. The normalized spacial score (nSPS) is 13.4. The molecule has 1 heterocycles. The van der Waals surface area contributed by atoms with Crippen LogP contribution in [0.5, 0.6) is 0 Å². The number of pyridine rings is 1. The lowest BCUT2D eigenvalue weighted by atomic mass is 9.99. The van der Waals surface area contributed by atoms with Crippen molar-refractivity contribution in [1.29, 1.82) is 0 Å². The number of ether oxygens (including phenoxy) is 1. The third kappa shape index (κ3) is 3.69. The lowest BCUT2D eigenvalue weighted by Crippen LogP contribution is -2.45. The van der Waals surface area contributed by atoms with Crippen LogP contribution in [-0.2, 0) is 16.6 Å². The van der Waals surface area contributed by atoms with Crippen molar-refractivity contribution in [2.24, 2.45) is 13.0 Å². The van der Waals surface area contributed by atoms with E-state index in [1.807, 2.05) is 13.8 Å². The molecule has 1 aromatic rings. The number of aromatic nitrogens is 1. The van der Waals surface area contributed by atoms with Crippen LogP contribution in [0.15, 0.2) is 23.1 Å². The van der Waals surface area contributed by atoms with Crippen molar-refractivity contribution < 1.29 is 14.3 Å². The van der Waals surface area contributed by atoms with Crippen molar-refractivity contribution in [2.45, 2.75) is 26.3 Å². The number of methoxy groups -OCH3 is 1. The van der Waals surface area contributed by atoms with Crippen LogP contribution < -0.4 is 10.9 Å². The SMILES string of the molecule is CC[C@@H](C)[C@H](NC(=O)c1ccn(C)c(=O)c1)C(=O)OC. The zero-order valence-corrected chi connectivity index (χ0v) is 12.2. The minimum absolute atomic E-state index is 0.0575. The minimum atomic E-state index is -0.721. The number of amides is 1. The highest BCUT2D eigenvalue weighted by molar-refractivity contribution is 5.96. The lowest BCUT2D eigenvalue weighted by molar-refractivity contribution is -0.144. The number of nitrogens with one attached hydrogen (secondary N) is 1. The van der Waals surface area contributed by atoms with Gasteiger partial charge in [-0.25, -0.2) is 4.79 Å². The molecule has 0 bridgehead atoms. The largest absolute Gasteiger partial charge is 0.467 e. The van der Waals surface area contributed by atoms with Crippen molar-refractivity contribution >= 4 is 11.9 Å². The Labute approximate surface area is 117 Å². The van der Waals surface area contributed by atoms with Crippen LogP contribution in [0.25, 0.3) is 0 Å². The fourth-order valence-electron chi connectivity index (χ4n) is 1.71. The molecule has 0 fully saturated rings. The summed E-state index contributed by atoms with van der Waals surface area (Å²) in [6, 6.07) is 2.05. The summed E-state index contributed by atoms with van der Waals surface area (Å²) >= 11 is 0. The van der Waals surface area contributed by atoms with Crippen LogP contribution in [-0.4, -0.2) is 29.6 Å². The van der Waals surface area contributed by atoms with Gasteiger partial charge < -0.3 is 14.6 Å². The van der Waals surface area contributed by atoms with Gasteiger partial charge in [-0.2, -0.15) is 0 Å². The Morgan fingerprint density at radius 1 is 1.45 bits per heavy atom. The van der Waals surface area contributed by atoms with E-state index in [0.717, 1.165) is 6.42 Å². The summed E-state index contributed by atoms with van der Waals surface area (Å²) in [5.74, 6) is -1.01. The first-order chi connectivity index (χ1) is 9.40. The Kier molecular flexibility index (Phi) is 5.49. The van der Waals surface area contributed by atoms with Crippen LogP contribution in [0.2, 0.25) is 0 Å². The summed E-state index contributed by atoms with van der Waals surface area (Å²) in [6.45, 7) is 3.77. The predicted octanol–water partition coefficient (Wildman–Crippen LogP) is 0.703. The molecule has 0 aliphatic heterocycles. The number of esters is 1. The fourth-order valence-corrected chi connectivity index (χ4v) is 1.71. The van der Waals surface area contributed by atoms with Gasteiger partial charge in [-0.1, -0.05) is 20.3 Å². The first-order valence-electron chi connectivity index (χ1n) is 6.46. The first-order valence-corrected chi connectivity index (χ1v) is 6.46. The van der Waals surface area contributed by atoms with Gasteiger partial charge in [0, 0.05) is 24.9 Å². The van der Waals surface area contributed by atoms with Gasteiger partial charge in [-0.15, -0.1) is 0 Å². The zero-order valence-electron chi connectivity index (χ0n) is 12.2. The second kappa shape index (κ2) is 6.88. The molecule has 1 rings (SSSR count). The molecular formula is C14H20N2O4. The average molecular weight is 280 g/mol. The number of nitrogens with zero attached hydrogens (tertiary/aromatic N) is 1. The maximum Gasteiger partial charge on any atom is 0.328 e. The van der Waals surface area contributed by atoms with E-state index < -0.39 is 17.9 Å². The molecule has 0 saturated heterocycles. The molecule has 1 aromatic heterocycles. The molecule has 6 heteroatoms. The van der Waals surface area contributed by atoms with E-state index >= 15 is 0 Å². The van der Waals surface area contributed by atoms with Crippen LogP contribution in [0.4, 0.5) is 0 Å². The van der Waals surface area contributed by atoms with Gasteiger partial charge in [0.1, 0.15) is 6.04 Å². The summed E-state index contributed by atoms with van der Waals surface area (Å²) < 4.78 is 6.06. The highest BCUT2D eigenvalue weighted by Gasteiger charge is 2.27. The Morgan fingerprint density at radius 3 is 2.60 bits per heavy atom. The molecule has 20 heavy (non-hydrogen) atoms. The molecular weight excluding hydrogens is 260 g/mol. The van der Waals surface area contributed by atoms with Gasteiger partial charge in [0.2, 0.25) is 0 Å². The standard InChI is InChI=1S/C14H20N2O4/c1-5-9(2)12(14(19)20-4)15-13(18)10-6-7-16(3)11(17)8-10/h6-9,12H,5H2,1-4H3,(H,15,18)/t9-,12+/m1/s1. The van der Waals surface area contributed by atoms with Crippen molar-refractivity contribution in [1.82, 2.24) is 9.88 Å². The highest BCUT2D eigenvalue weighted by atomic mass is 16.5. The molecule has 0 unspecified atom stereocenters. The molecule has 0 radical (unpaired) electrons. The monoisotopic (exact) mass is 280 g/mol. The first kappa shape index (κ1) is 15.9. The van der Waals surface area contributed by atoms with Gasteiger partial charge in [-0.3, -0.25) is 9.59 Å². The van der Waals surface area contributed by atoms with Crippen LogP contribution in [0, 0.1) is 5.92 Å². The summed E-state index contributed by atoms with van der Waals surface area (Å²) in [4.78, 5) is 35.3. The molecule has 1 N–H and O–H groups in total.